The van der Waals surface area contributed by atoms with Crippen molar-refractivity contribution in [1.29, 1.82) is 0 Å². The smallest absolute Gasteiger partial charge is 0.274 e. The number of aryl methyl sites for hydroxylation is 1. The maximum Gasteiger partial charge on any atom is 0.274 e. The number of amides is 2. The maximum absolute atomic E-state index is 11.8. The summed E-state index contributed by atoms with van der Waals surface area (Å²) < 4.78 is 1.66. The van der Waals surface area contributed by atoms with Gasteiger partial charge in [0.2, 0.25) is 5.91 Å². The van der Waals surface area contributed by atoms with Crippen LogP contribution in [0.25, 0.3) is 0 Å². The van der Waals surface area contributed by atoms with E-state index in [0.29, 0.717) is 24.7 Å². The highest BCUT2D eigenvalue weighted by atomic mass is 16.3. The Morgan fingerprint density at radius 1 is 1.45 bits per heavy atom. The zero-order valence-corrected chi connectivity index (χ0v) is 11.5. The number of nitrogens with zero attached hydrogens (tertiary/aromatic N) is 2. The molecule has 1 aromatic heterocycles. The molecule has 0 unspecified atom stereocenters. The molecule has 1 aliphatic carbocycles. The molecular formula is C14H19N3O3. The summed E-state index contributed by atoms with van der Waals surface area (Å²) >= 11 is 0. The van der Waals surface area contributed by atoms with Crippen molar-refractivity contribution < 1.29 is 14.7 Å². The molecule has 3 rings (SSSR count). The Balaban J connectivity index is 1.46. The number of carbonyl (C=O) groups is 2. The van der Waals surface area contributed by atoms with E-state index in [1.807, 2.05) is 4.90 Å². The van der Waals surface area contributed by atoms with Crippen LogP contribution in [-0.2, 0) is 11.8 Å². The van der Waals surface area contributed by atoms with Crippen LogP contribution >= 0.6 is 0 Å². The Bertz CT molecular complexity index is 542. The molecule has 1 saturated heterocycles. The Kier molecular flexibility index (Phi) is 3.14. The normalized spacial score (nSPS) is 21.3. The lowest BCUT2D eigenvalue weighted by molar-refractivity contribution is -0.135. The van der Waals surface area contributed by atoms with Gasteiger partial charge in [-0.05, 0) is 30.9 Å². The number of β-amino-alcohol motifs (C(OH)–C–C–N with tert-alkyl or cyclic N) is 1. The van der Waals surface area contributed by atoms with Crippen molar-refractivity contribution in [2.45, 2.75) is 18.4 Å². The van der Waals surface area contributed by atoms with Crippen molar-refractivity contribution in [3.05, 3.63) is 24.0 Å². The molecular weight excluding hydrogens is 258 g/mol. The van der Waals surface area contributed by atoms with Crippen LogP contribution < -0.4 is 5.32 Å². The molecule has 0 aromatic carbocycles. The number of imide groups is 1. The number of hydrogen-bond donors (Lipinski definition) is 2. The average molecular weight is 277 g/mol. The van der Waals surface area contributed by atoms with E-state index in [0.717, 1.165) is 12.8 Å². The monoisotopic (exact) mass is 277 g/mol. The third-order valence-corrected chi connectivity index (χ3v) is 4.13. The van der Waals surface area contributed by atoms with Crippen LogP contribution in [0.3, 0.4) is 0 Å². The van der Waals surface area contributed by atoms with Crippen molar-refractivity contribution in [3.63, 3.8) is 0 Å². The summed E-state index contributed by atoms with van der Waals surface area (Å²) in [6.45, 7) is 1.22. The topological polar surface area (TPSA) is 74.6 Å². The van der Waals surface area contributed by atoms with Gasteiger partial charge < -0.3 is 9.67 Å². The third kappa shape index (κ3) is 2.48. The summed E-state index contributed by atoms with van der Waals surface area (Å²) in [5, 5.41) is 12.5. The van der Waals surface area contributed by atoms with Gasteiger partial charge in [-0.15, -0.1) is 0 Å². The van der Waals surface area contributed by atoms with E-state index in [9.17, 15) is 14.7 Å². The summed E-state index contributed by atoms with van der Waals surface area (Å²) in [4.78, 5) is 25.5. The molecule has 0 atom stereocenters. The van der Waals surface area contributed by atoms with Crippen LogP contribution in [0.15, 0.2) is 18.3 Å². The zero-order valence-electron chi connectivity index (χ0n) is 11.5. The molecule has 0 radical (unpaired) electrons. The molecule has 20 heavy (non-hydrogen) atoms. The van der Waals surface area contributed by atoms with Crippen LogP contribution in [0, 0.1) is 5.92 Å². The van der Waals surface area contributed by atoms with E-state index in [1.165, 1.54) is 0 Å². The second-order valence-electron chi connectivity index (χ2n) is 5.90. The van der Waals surface area contributed by atoms with Gasteiger partial charge in [0.1, 0.15) is 5.69 Å². The minimum absolute atomic E-state index is 0.158. The lowest BCUT2D eigenvalue weighted by atomic mass is 9.89. The molecule has 0 bridgehead atoms. The van der Waals surface area contributed by atoms with Gasteiger partial charge in [0.05, 0.1) is 12.1 Å². The first kappa shape index (κ1) is 13.3. The quantitative estimate of drug-likeness (QED) is 0.795. The first-order valence-electron chi connectivity index (χ1n) is 6.88. The number of carbonyl (C=O) groups excluding carboxylic acids is 2. The Hall–Kier alpha value is -1.66. The summed E-state index contributed by atoms with van der Waals surface area (Å²) in [5.41, 5.74) is -0.140. The van der Waals surface area contributed by atoms with E-state index in [1.54, 1.807) is 29.9 Å². The zero-order chi connectivity index (χ0) is 14.3. The lowest BCUT2D eigenvalue weighted by Crippen LogP contribution is -2.64. The highest BCUT2D eigenvalue weighted by Crippen LogP contribution is 2.44. The SMILES string of the molecule is Cn1cccc1C(=O)NC(=O)CN1CC(O)(C2CC2)C1. The minimum Gasteiger partial charge on any atom is -0.387 e. The standard InChI is InChI=1S/C14H19N3O3/c1-16-6-2-3-11(16)13(19)15-12(18)7-17-8-14(20,9-17)10-4-5-10/h2-3,6,10,20H,4-5,7-9H2,1H3,(H,15,18,19). The van der Waals surface area contributed by atoms with Gasteiger partial charge in [-0.25, -0.2) is 0 Å². The van der Waals surface area contributed by atoms with Crippen LogP contribution in [0.2, 0.25) is 0 Å². The van der Waals surface area contributed by atoms with Crippen LogP contribution in [0.5, 0.6) is 0 Å². The number of hydrogen-bond acceptors (Lipinski definition) is 4. The van der Waals surface area contributed by atoms with Crippen molar-refractivity contribution in [1.82, 2.24) is 14.8 Å². The van der Waals surface area contributed by atoms with E-state index in [2.05, 4.69) is 5.32 Å². The number of aromatic nitrogens is 1. The Labute approximate surface area is 117 Å². The number of nitrogens with one attached hydrogen (secondary N) is 1. The molecule has 0 spiro atoms. The predicted molar refractivity (Wildman–Crippen MR) is 72.0 cm³/mol. The van der Waals surface area contributed by atoms with Gasteiger partial charge in [-0.2, -0.15) is 0 Å². The molecule has 6 heteroatoms. The van der Waals surface area contributed by atoms with E-state index in [-0.39, 0.29) is 18.4 Å². The van der Waals surface area contributed by atoms with Crippen LogP contribution in [0.1, 0.15) is 23.3 Å². The fourth-order valence-electron chi connectivity index (χ4n) is 2.85. The second kappa shape index (κ2) is 4.71. The first-order chi connectivity index (χ1) is 9.48. The van der Waals surface area contributed by atoms with Gasteiger partial charge in [-0.1, -0.05) is 0 Å². The van der Waals surface area contributed by atoms with E-state index in [4.69, 9.17) is 0 Å². The Morgan fingerprint density at radius 3 is 2.70 bits per heavy atom. The van der Waals surface area contributed by atoms with Gasteiger partial charge in [0.15, 0.2) is 0 Å². The summed E-state index contributed by atoms with van der Waals surface area (Å²) in [5.74, 6) is -0.304. The van der Waals surface area contributed by atoms with Gasteiger partial charge in [0.25, 0.3) is 5.91 Å². The van der Waals surface area contributed by atoms with E-state index >= 15 is 0 Å². The molecule has 108 valence electrons. The molecule has 6 nitrogen and oxygen atoms in total. The molecule has 1 saturated carbocycles. The van der Waals surface area contributed by atoms with Crippen LogP contribution in [0.4, 0.5) is 0 Å². The number of rotatable bonds is 4. The fraction of sp³-hybridized carbons (Fsp3) is 0.571. The van der Waals surface area contributed by atoms with Crippen molar-refractivity contribution >= 4 is 11.8 Å². The second-order valence-corrected chi connectivity index (χ2v) is 5.90. The Morgan fingerprint density at radius 2 is 2.15 bits per heavy atom. The third-order valence-electron chi connectivity index (χ3n) is 4.13. The molecule has 2 fully saturated rings. The van der Waals surface area contributed by atoms with Crippen LogP contribution in [-0.4, -0.2) is 51.6 Å². The van der Waals surface area contributed by atoms with Crippen molar-refractivity contribution in [2.75, 3.05) is 19.6 Å². The largest absolute Gasteiger partial charge is 0.387 e. The fourth-order valence-corrected chi connectivity index (χ4v) is 2.85. The highest BCUT2D eigenvalue weighted by molar-refractivity contribution is 6.04. The maximum atomic E-state index is 11.8. The van der Waals surface area contributed by atoms with Crippen molar-refractivity contribution in [3.8, 4) is 0 Å². The van der Waals surface area contributed by atoms with E-state index < -0.39 is 5.60 Å². The number of likely N-dealkylation sites (tertiary alicyclic amines) is 1. The molecule has 2 aliphatic rings. The highest BCUT2D eigenvalue weighted by Gasteiger charge is 2.51. The molecule has 2 N–H and O–H groups in total. The summed E-state index contributed by atoms with van der Waals surface area (Å²) in [6, 6.07) is 3.42. The van der Waals surface area contributed by atoms with Gasteiger partial charge in [-0.3, -0.25) is 19.8 Å². The first-order valence-corrected chi connectivity index (χ1v) is 6.88. The lowest BCUT2D eigenvalue weighted by Gasteiger charge is -2.46. The molecule has 1 aliphatic heterocycles. The summed E-state index contributed by atoms with van der Waals surface area (Å²) in [6.07, 6.45) is 3.93. The molecule has 2 amide bonds. The number of aliphatic hydroxyl groups is 1. The average Bonchev–Trinajstić information content (AvgIpc) is 3.10. The summed E-state index contributed by atoms with van der Waals surface area (Å²) in [7, 11) is 1.75. The molecule has 2 heterocycles. The minimum atomic E-state index is -0.595. The molecule has 1 aromatic rings. The van der Waals surface area contributed by atoms with Gasteiger partial charge >= 0.3 is 0 Å². The van der Waals surface area contributed by atoms with Crippen molar-refractivity contribution in [2.24, 2.45) is 13.0 Å². The van der Waals surface area contributed by atoms with Gasteiger partial charge in [0, 0.05) is 26.3 Å². The predicted octanol–water partition coefficient (Wildman–Crippen LogP) is -0.262.